The van der Waals surface area contributed by atoms with Gasteiger partial charge < -0.3 is 19.0 Å². The first-order valence-electron chi connectivity index (χ1n) is 7.13. The van der Waals surface area contributed by atoms with Crippen molar-refractivity contribution < 1.29 is 32.2 Å². The predicted molar refractivity (Wildman–Crippen MR) is 81.5 cm³/mol. The van der Waals surface area contributed by atoms with Gasteiger partial charge in [-0.25, -0.2) is 8.42 Å². The zero-order valence-electron chi connectivity index (χ0n) is 12.5. The van der Waals surface area contributed by atoms with Crippen LogP contribution in [0.4, 0.5) is 0 Å². The number of ether oxygens (including phenoxy) is 2. The predicted octanol–water partition coefficient (Wildman–Crippen LogP) is 1.55. The molecular weight excluding hydrogens is 338 g/mol. The number of aliphatic carboxylic acids is 1. The molecule has 0 fully saturated rings. The Balaban J connectivity index is 1.87. The van der Waals surface area contributed by atoms with Crippen molar-refractivity contribution in [2.45, 2.75) is 17.4 Å². The molecule has 0 spiro atoms. The number of sulfonamides is 1. The molecule has 0 saturated heterocycles. The number of furan rings is 1. The van der Waals surface area contributed by atoms with Gasteiger partial charge in [0.25, 0.3) is 0 Å². The van der Waals surface area contributed by atoms with Gasteiger partial charge in [-0.2, -0.15) is 4.72 Å². The molecule has 1 aliphatic rings. The number of carboxylic acids is 1. The Labute approximate surface area is 138 Å². The summed E-state index contributed by atoms with van der Waals surface area (Å²) in [6, 6.07) is 6.27. The fraction of sp³-hybridized carbons (Fsp3) is 0.267. The maximum atomic E-state index is 12.6. The lowest BCUT2D eigenvalue weighted by atomic mass is 10.2. The minimum absolute atomic E-state index is 0.0475. The van der Waals surface area contributed by atoms with E-state index in [0.29, 0.717) is 24.7 Å². The average Bonchev–Trinajstić information content (AvgIpc) is 3.07. The molecule has 1 aromatic carbocycles. The van der Waals surface area contributed by atoms with E-state index in [-0.39, 0.29) is 10.7 Å². The normalized spacial score (nSPS) is 15.0. The summed E-state index contributed by atoms with van der Waals surface area (Å²) in [6.45, 7) is 0.731. The molecule has 128 valence electrons. The van der Waals surface area contributed by atoms with Crippen molar-refractivity contribution in [3.8, 4) is 11.5 Å². The molecule has 0 amide bonds. The first-order chi connectivity index (χ1) is 11.5. The Morgan fingerprint density at radius 3 is 2.62 bits per heavy atom. The minimum atomic E-state index is -3.97. The molecule has 3 rings (SSSR count). The van der Waals surface area contributed by atoms with Crippen LogP contribution in [0.25, 0.3) is 0 Å². The molecule has 1 atom stereocenters. The van der Waals surface area contributed by atoms with Crippen molar-refractivity contribution in [1.29, 1.82) is 0 Å². The van der Waals surface area contributed by atoms with Crippen LogP contribution in [0.1, 0.15) is 18.2 Å². The van der Waals surface area contributed by atoms with Gasteiger partial charge in [-0.05, 0) is 24.3 Å². The highest BCUT2D eigenvalue weighted by Gasteiger charge is 2.26. The van der Waals surface area contributed by atoms with Gasteiger partial charge >= 0.3 is 5.97 Å². The second-order valence-electron chi connectivity index (χ2n) is 5.09. The monoisotopic (exact) mass is 353 g/mol. The number of carbonyl (C=O) groups is 1. The quantitative estimate of drug-likeness (QED) is 0.809. The van der Waals surface area contributed by atoms with E-state index in [4.69, 9.17) is 19.0 Å². The molecule has 0 radical (unpaired) electrons. The van der Waals surface area contributed by atoms with E-state index in [2.05, 4.69) is 4.72 Å². The van der Waals surface area contributed by atoms with E-state index < -0.39 is 28.5 Å². The van der Waals surface area contributed by atoms with Crippen molar-refractivity contribution in [2.75, 3.05) is 13.2 Å². The standard InChI is InChI=1S/C15H15NO7S/c17-15(18)9-11(12-2-1-5-21-12)16-24(19,20)10-3-4-13-14(8-10)23-7-6-22-13/h1-5,8,11,16H,6-7,9H2,(H,17,18). The first-order valence-corrected chi connectivity index (χ1v) is 8.61. The number of hydrogen-bond donors (Lipinski definition) is 2. The summed E-state index contributed by atoms with van der Waals surface area (Å²) < 4.78 is 43.3. The maximum Gasteiger partial charge on any atom is 0.305 e. The van der Waals surface area contributed by atoms with Gasteiger partial charge in [0.2, 0.25) is 10.0 Å². The van der Waals surface area contributed by atoms with Gasteiger partial charge in [0.15, 0.2) is 11.5 Å². The number of carboxylic acid groups (broad SMARTS) is 1. The van der Waals surface area contributed by atoms with E-state index in [1.165, 1.54) is 30.5 Å². The van der Waals surface area contributed by atoms with Crippen LogP contribution in [0.5, 0.6) is 11.5 Å². The second kappa shape index (κ2) is 6.54. The van der Waals surface area contributed by atoms with Gasteiger partial charge in [-0.3, -0.25) is 4.79 Å². The summed E-state index contributed by atoms with van der Waals surface area (Å²) >= 11 is 0. The highest BCUT2D eigenvalue weighted by Crippen LogP contribution is 2.32. The lowest BCUT2D eigenvalue weighted by Crippen LogP contribution is -2.30. The summed E-state index contributed by atoms with van der Waals surface area (Å²) in [5.74, 6) is -0.134. The molecule has 2 heterocycles. The summed E-state index contributed by atoms with van der Waals surface area (Å²) in [6.07, 6.45) is 0.903. The molecule has 24 heavy (non-hydrogen) atoms. The molecule has 0 bridgehead atoms. The highest BCUT2D eigenvalue weighted by atomic mass is 32.2. The summed E-state index contributed by atoms with van der Waals surface area (Å²) in [4.78, 5) is 11.0. The molecular formula is C15H15NO7S. The van der Waals surface area contributed by atoms with Gasteiger partial charge in [0, 0.05) is 6.07 Å². The number of fused-ring (bicyclic) bond motifs is 1. The van der Waals surface area contributed by atoms with Crippen molar-refractivity contribution in [3.63, 3.8) is 0 Å². The van der Waals surface area contributed by atoms with Crippen LogP contribution in [-0.4, -0.2) is 32.7 Å². The molecule has 2 aromatic rings. The maximum absolute atomic E-state index is 12.6. The largest absolute Gasteiger partial charge is 0.486 e. The Hall–Kier alpha value is -2.52. The van der Waals surface area contributed by atoms with Crippen molar-refractivity contribution in [1.82, 2.24) is 4.72 Å². The van der Waals surface area contributed by atoms with Crippen LogP contribution in [0, 0.1) is 0 Å². The van der Waals surface area contributed by atoms with E-state index in [1.54, 1.807) is 6.07 Å². The van der Waals surface area contributed by atoms with Crippen molar-refractivity contribution in [3.05, 3.63) is 42.4 Å². The Kier molecular flexibility index (Phi) is 4.45. The third-order valence-corrected chi connectivity index (χ3v) is 4.86. The lowest BCUT2D eigenvalue weighted by molar-refractivity contribution is -0.137. The molecule has 0 aliphatic carbocycles. The molecule has 9 heteroatoms. The minimum Gasteiger partial charge on any atom is -0.486 e. The number of benzene rings is 1. The summed E-state index contributed by atoms with van der Waals surface area (Å²) in [5, 5.41) is 9.00. The van der Waals surface area contributed by atoms with Crippen LogP contribution in [0.3, 0.4) is 0 Å². The number of rotatable bonds is 6. The zero-order valence-corrected chi connectivity index (χ0v) is 13.3. The lowest BCUT2D eigenvalue weighted by Gasteiger charge is -2.20. The van der Waals surface area contributed by atoms with E-state index >= 15 is 0 Å². The van der Waals surface area contributed by atoms with Crippen LogP contribution >= 0.6 is 0 Å². The SMILES string of the molecule is O=C(O)CC(NS(=O)(=O)c1ccc2c(c1)OCCO2)c1ccco1. The Bertz CT molecular complexity index is 830. The highest BCUT2D eigenvalue weighted by molar-refractivity contribution is 7.89. The third kappa shape index (κ3) is 3.52. The fourth-order valence-corrected chi connectivity index (χ4v) is 3.53. The van der Waals surface area contributed by atoms with E-state index in [1.807, 2.05) is 0 Å². The average molecular weight is 353 g/mol. The molecule has 1 aliphatic heterocycles. The Morgan fingerprint density at radius 2 is 1.96 bits per heavy atom. The molecule has 1 unspecified atom stereocenters. The van der Waals surface area contributed by atoms with Crippen LogP contribution < -0.4 is 14.2 Å². The molecule has 8 nitrogen and oxygen atoms in total. The van der Waals surface area contributed by atoms with Crippen molar-refractivity contribution >= 4 is 16.0 Å². The summed E-state index contributed by atoms with van der Waals surface area (Å²) in [5.41, 5.74) is 0. The van der Waals surface area contributed by atoms with E-state index in [0.717, 1.165) is 0 Å². The number of nitrogens with one attached hydrogen (secondary N) is 1. The molecule has 1 aromatic heterocycles. The number of hydrogen-bond acceptors (Lipinski definition) is 6. The zero-order chi connectivity index (χ0) is 17.2. The van der Waals surface area contributed by atoms with Crippen molar-refractivity contribution in [2.24, 2.45) is 0 Å². The Morgan fingerprint density at radius 1 is 1.21 bits per heavy atom. The second-order valence-corrected chi connectivity index (χ2v) is 6.81. The van der Waals surface area contributed by atoms with Gasteiger partial charge in [-0.15, -0.1) is 0 Å². The van der Waals surface area contributed by atoms with Gasteiger partial charge in [0.05, 0.1) is 23.6 Å². The smallest absolute Gasteiger partial charge is 0.305 e. The molecule has 2 N–H and O–H groups in total. The van der Waals surface area contributed by atoms with Crippen LogP contribution in [0.15, 0.2) is 45.9 Å². The topological polar surface area (TPSA) is 115 Å². The molecule has 0 saturated carbocycles. The third-order valence-electron chi connectivity index (χ3n) is 3.39. The van der Waals surface area contributed by atoms with Crippen LogP contribution in [0.2, 0.25) is 0 Å². The van der Waals surface area contributed by atoms with E-state index in [9.17, 15) is 13.2 Å². The van der Waals surface area contributed by atoms with Crippen LogP contribution in [-0.2, 0) is 14.8 Å². The van der Waals surface area contributed by atoms with Gasteiger partial charge in [-0.1, -0.05) is 0 Å². The summed E-state index contributed by atoms with van der Waals surface area (Å²) in [7, 11) is -3.97. The van der Waals surface area contributed by atoms with Gasteiger partial charge in [0.1, 0.15) is 19.0 Å². The fourth-order valence-electron chi connectivity index (χ4n) is 2.31. The first kappa shape index (κ1) is 16.3.